The Morgan fingerprint density at radius 2 is 1.65 bits per heavy atom. The van der Waals surface area contributed by atoms with Crippen LogP contribution in [0.2, 0.25) is 0 Å². The molecule has 2 amide bonds. The van der Waals surface area contributed by atoms with Crippen molar-refractivity contribution in [3.05, 3.63) is 47.3 Å². The molecule has 9 nitrogen and oxygen atoms in total. The van der Waals surface area contributed by atoms with Crippen LogP contribution in [0.15, 0.2) is 30.3 Å². The van der Waals surface area contributed by atoms with E-state index in [-0.39, 0.29) is 23.3 Å². The monoisotopic (exact) mass is 674 g/mol. The number of phenolic OH excluding ortho intramolecular Hbond substituents is 1. The van der Waals surface area contributed by atoms with E-state index >= 15 is 4.39 Å². The van der Waals surface area contributed by atoms with Gasteiger partial charge in [0, 0.05) is 63.0 Å². The van der Waals surface area contributed by atoms with Crippen molar-refractivity contribution in [1.82, 2.24) is 9.80 Å². The van der Waals surface area contributed by atoms with Gasteiger partial charge < -0.3 is 24.4 Å². The minimum absolute atomic E-state index is 0.104. The van der Waals surface area contributed by atoms with Crippen molar-refractivity contribution in [3.8, 4) is 11.5 Å². The third-order valence-electron chi connectivity index (χ3n) is 10.3. The summed E-state index contributed by atoms with van der Waals surface area (Å²) in [7, 11) is 1.51. The summed E-state index contributed by atoms with van der Waals surface area (Å²) in [4.78, 5) is 33.7. The molecule has 0 radical (unpaired) electrons. The summed E-state index contributed by atoms with van der Waals surface area (Å²) < 4.78 is 54.0. The summed E-state index contributed by atoms with van der Waals surface area (Å²) in [6.07, 6.45) is -0.323. The number of rotatable bonds is 9. The second-order valence-corrected chi connectivity index (χ2v) is 14.2. The number of alkyl halides is 2. The minimum Gasteiger partial charge on any atom is -0.506 e. The molecule has 3 aliphatic heterocycles. The second-order valence-electron chi connectivity index (χ2n) is 14.2. The van der Waals surface area contributed by atoms with E-state index in [1.807, 2.05) is 39.5 Å². The number of benzene rings is 2. The molecule has 0 aromatic heterocycles. The number of carbonyl (C=O) groups excluding carboxylic acids is 2. The molecule has 3 fully saturated rings. The molecule has 3 aliphatic rings. The van der Waals surface area contributed by atoms with Crippen molar-refractivity contribution in [2.75, 3.05) is 62.7 Å². The van der Waals surface area contributed by atoms with Gasteiger partial charge in [0.05, 0.1) is 29.9 Å². The topological polar surface area (TPSA) is 85.8 Å². The van der Waals surface area contributed by atoms with Gasteiger partial charge >= 0.3 is 6.09 Å². The highest BCUT2D eigenvalue weighted by Gasteiger charge is 2.60. The minimum atomic E-state index is -2.77. The van der Waals surface area contributed by atoms with E-state index in [0.717, 1.165) is 38.5 Å². The zero-order valence-corrected chi connectivity index (χ0v) is 28.9. The fourth-order valence-corrected chi connectivity index (χ4v) is 7.51. The lowest BCUT2D eigenvalue weighted by atomic mass is 9.64. The van der Waals surface area contributed by atoms with E-state index in [1.165, 1.54) is 30.2 Å². The molecule has 264 valence electrons. The van der Waals surface area contributed by atoms with Crippen LogP contribution in [0.25, 0.3) is 0 Å². The molecule has 3 saturated heterocycles. The van der Waals surface area contributed by atoms with Crippen molar-refractivity contribution in [2.24, 2.45) is 11.3 Å². The largest absolute Gasteiger partial charge is 0.506 e. The van der Waals surface area contributed by atoms with Gasteiger partial charge in [0.15, 0.2) is 0 Å². The third-order valence-corrected chi connectivity index (χ3v) is 10.3. The number of halogens is 3. The molecule has 48 heavy (non-hydrogen) atoms. The van der Waals surface area contributed by atoms with Crippen LogP contribution in [0.5, 0.6) is 11.5 Å². The van der Waals surface area contributed by atoms with Gasteiger partial charge in [0.1, 0.15) is 22.9 Å². The predicted octanol–water partition coefficient (Wildman–Crippen LogP) is 7.14. The molecule has 12 heteroatoms. The van der Waals surface area contributed by atoms with Crippen molar-refractivity contribution in [3.63, 3.8) is 0 Å². The van der Waals surface area contributed by atoms with Crippen LogP contribution in [-0.2, 0) is 9.53 Å². The fourth-order valence-electron chi connectivity index (χ4n) is 7.51. The molecule has 5 rings (SSSR count). The number of nitrogens with zero attached hydrogens (tertiary/aromatic N) is 4. The highest BCUT2D eigenvalue weighted by molar-refractivity contribution is 6.07. The zero-order chi connectivity index (χ0) is 35.0. The van der Waals surface area contributed by atoms with Gasteiger partial charge in [-0.3, -0.25) is 14.6 Å². The Hall–Kier alpha value is -3.67. The lowest BCUT2D eigenvalue weighted by Gasteiger charge is -2.56. The molecule has 0 aliphatic carbocycles. The highest BCUT2D eigenvalue weighted by Crippen LogP contribution is 2.59. The van der Waals surface area contributed by atoms with E-state index in [1.54, 1.807) is 11.0 Å². The van der Waals surface area contributed by atoms with Crippen LogP contribution in [0.1, 0.15) is 83.9 Å². The first kappa shape index (κ1) is 35.6. The average molecular weight is 675 g/mol. The maximum atomic E-state index is 16.1. The summed E-state index contributed by atoms with van der Waals surface area (Å²) in [5.41, 5.74) is -0.733. The molecule has 2 aromatic rings. The van der Waals surface area contributed by atoms with E-state index in [9.17, 15) is 23.5 Å². The molecule has 1 unspecified atom stereocenters. The van der Waals surface area contributed by atoms with E-state index in [4.69, 9.17) is 9.47 Å². The van der Waals surface area contributed by atoms with Crippen molar-refractivity contribution >= 4 is 23.4 Å². The number of methoxy groups -OCH3 is 1. The fraction of sp³-hybridized carbons (Fsp3) is 0.611. The maximum absolute atomic E-state index is 16.1. The average Bonchev–Trinajstić information content (AvgIpc) is 3.04. The Balaban J connectivity index is 1.28. The van der Waals surface area contributed by atoms with Crippen LogP contribution >= 0.6 is 0 Å². The summed E-state index contributed by atoms with van der Waals surface area (Å²) in [5.74, 6) is -0.241. The van der Waals surface area contributed by atoms with E-state index in [0.29, 0.717) is 61.9 Å². The number of hydrogen-bond acceptors (Lipinski definition) is 7. The van der Waals surface area contributed by atoms with Gasteiger partial charge in [0.25, 0.3) is 6.43 Å². The van der Waals surface area contributed by atoms with Gasteiger partial charge in [-0.1, -0.05) is 19.9 Å². The lowest BCUT2D eigenvalue weighted by molar-refractivity contribution is -0.141. The number of piperidine rings is 1. The SMILES string of the molecule is CCC1(CC)C(=O)N(c2ccc(C(F)F)cc2O)C1c1cc(F)c(N2CCC(CN3CCN(C(=O)OC(C)(C)C)CC3)CC2)cc1OC. The van der Waals surface area contributed by atoms with Crippen LogP contribution in [0.3, 0.4) is 0 Å². The number of hydrogen-bond donors (Lipinski definition) is 1. The number of ether oxygens (including phenoxy) is 2. The number of phenols is 1. The highest BCUT2D eigenvalue weighted by atomic mass is 19.3. The van der Waals surface area contributed by atoms with Crippen LogP contribution in [0.4, 0.5) is 29.3 Å². The second kappa shape index (κ2) is 14.1. The molecule has 0 spiro atoms. The smallest absolute Gasteiger partial charge is 0.410 e. The predicted molar refractivity (Wildman–Crippen MR) is 178 cm³/mol. The maximum Gasteiger partial charge on any atom is 0.410 e. The number of anilines is 2. The summed E-state index contributed by atoms with van der Waals surface area (Å²) >= 11 is 0. The summed E-state index contributed by atoms with van der Waals surface area (Å²) in [6.45, 7) is 14.5. The quantitative estimate of drug-likeness (QED) is 0.283. The van der Waals surface area contributed by atoms with E-state index in [2.05, 4.69) is 4.90 Å². The van der Waals surface area contributed by atoms with Crippen molar-refractivity contribution in [1.29, 1.82) is 0 Å². The molecule has 1 atom stereocenters. The lowest BCUT2D eigenvalue weighted by Crippen LogP contribution is -2.63. The van der Waals surface area contributed by atoms with Crippen LogP contribution in [0, 0.1) is 17.2 Å². The number of piperazine rings is 1. The van der Waals surface area contributed by atoms with E-state index < -0.39 is 35.1 Å². The van der Waals surface area contributed by atoms with Gasteiger partial charge in [0.2, 0.25) is 5.91 Å². The Kier molecular flexibility index (Phi) is 10.4. The first-order chi connectivity index (χ1) is 22.7. The van der Waals surface area contributed by atoms with Crippen molar-refractivity contribution < 1.29 is 37.3 Å². The standard InChI is InChI=1S/C36H49F3N4O5/c1-7-36(8-2)31(43(33(36)45)27-10-9-24(32(38)39)19-29(27)44)25-20-26(37)28(21-30(25)47-6)41-13-11-23(12-14-41)22-40-15-17-42(18-16-40)34(46)48-35(3,4)5/h9-10,19-21,23,31-32,44H,7-8,11-18,22H2,1-6H3. The first-order valence-corrected chi connectivity index (χ1v) is 17.0. The molecule has 3 heterocycles. The van der Waals surface area contributed by atoms with Gasteiger partial charge in [-0.25, -0.2) is 18.0 Å². The Morgan fingerprint density at radius 3 is 2.19 bits per heavy atom. The number of β-lactam (4-membered cyclic amide) rings is 1. The molecule has 2 aromatic carbocycles. The Morgan fingerprint density at radius 1 is 1.00 bits per heavy atom. The number of amides is 2. The summed E-state index contributed by atoms with van der Waals surface area (Å²) in [5, 5.41) is 10.7. The Labute approximate surface area is 281 Å². The first-order valence-electron chi connectivity index (χ1n) is 17.0. The molecule has 0 saturated carbocycles. The number of carbonyl (C=O) groups is 2. The molecule has 1 N–H and O–H groups in total. The van der Waals surface area contributed by atoms with Gasteiger partial charge in [-0.2, -0.15) is 0 Å². The summed E-state index contributed by atoms with van der Waals surface area (Å²) in [6, 6.07) is 5.94. The molecular formula is C36H49F3N4O5. The van der Waals surface area contributed by atoms with Gasteiger partial charge in [-0.15, -0.1) is 0 Å². The zero-order valence-electron chi connectivity index (χ0n) is 28.9. The number of aromatic hydroxyl groups is 1. The normalized spacial score (nSPS) is 20.7. The molecular weight excluding hydrogens is 625 g/mol. The van der Waals surface area contributed by atoms with Crippen LogP contribution in [-0.4, -0.2) is 85.4 Å². The third kappa shape index (κ3) is 6.91. The molecule has 0 bridgehead atoms. The Bertz CT molecular complexity index is 1480. The van der Waals surface area contributed by atoms with Crippen molar-refractivity contribution in [2.45, 2.75) is 78.4 Å². The van der Waals surface area contributed by atoms with Crippen LogP contribution < -0.4 is 14.5 Å². The van der Waals surface area contributed by atoms with Gasteiger partial charge in [-0.05, 0) is 70.6 Å².